The molecule has 1 aromatic carbocycles. The zero-order valence-corrected chi connectivity index (χ0v) is 24.0. The maximum atomic E-state index is 9.10. The number of anilines is 3. The number of hydrogen-bond acceptors (Lipinski definition) is 8. The molecule has 0 aliphatic heterocycles. The van der Waals surface area contributed by atoms with Crippen molar-refractivity contribution in [1.29, 1.82) is 0 Å². The Bertz CT molecular complexity index is 939. The van der Waals surface area contributed by atoms with Gasteiger partial charge in [0.2, 0.25) is 5.95 Å². The van der Waals surface area contributed by atoms with Gasteiger partial charge in [-0.1, -0.05) is 39.3 Å². The Morgan fingerprint density at radius 2 is 1.29 bits per heavy atom. The van der Waals surface area contributed by atoms with Crippen LogP contribution < -0.4 is 10.2 Å². The number of benzene rings is 1. The van der Waals surface area contributed by atoms with Gasteiger partial charge in [0, 0.05) is 35.6 Å². The van der Waals surface area contributed by atoms with E-state index in [1.54, 1.807) is 0 Å². The van der Waals surface area contributed by atoms with E-state index in [0.29, 0.717) is 11.0 Å². The molecule has 0 bridgehead atoms. The van der Waals surface area contributed by atoms with Gasteiger partial charge in [-0.2, -0.15) is 4.98 Å². The van der Waals surface area contributed by atoms with Crippen LogP contribution in [0.2, 0.25) is 5.02 Å². The molecule has 212 valence electrons. The first-order chi connectivity index (χ1) is 18.1. The third kappa shape index (κ3) is 13.0. The number of nitrogens with zero attached hydrogens (tertiary/aromatic N) is 5. The van der Waals surface area contributed by atoms with Crippen molar-refractivity contribution >= 4 is 41.0 Å². The minimum absolute atomic E-state index is 0.625. The fourth-order valence-electron chi connectivity index (χ4n) is 3.82. The molecule has 0 saturated heterocycles. The minimum atomic E-state index is -1.82. The summed E-state index contributed by atoms with van der Waals surface area (Å²) in [6.45, 7) is 19.5. The normalized spacial score (nSPS) is 10.7. The van der Waals surface area contributed by atoms with Crippen molar-refractivity contribution in [3.8, 4) is 0 Å². The molecular formula is C27H43ClN6O4. The molecule has 0 amide bonds. The smallest absolute Gasteiger partial charge is 0.414 e. The van der Waals surface area contributed by atoms with Crippen molar-refractivity contribution in [3.05, 3.63) is 41.0 Å². The highest BCUT2D eigenvalue weighted by atomic mass is 35.5. The summed E-state index contributed by atoms with van der Waals surface area (Å²) in [6, 6.07) is 9.72. The zero-order chi connectivity index (χ0) is 28.5. The van der Waals surface area contributed by atoms with Crippen molar-refractivity contribution in [2.24, 2.45) is 0 Å². The summed E-state index contributed by atoms with van der Waals surface area (Å²) in [6.07, 6.45) is 2.24. The Labute approximate surface area is 231 Å². The molecule has 0 radical (unpaired) electrons. The van der Waals surface area contributed by atoms with Gasteiger partial charge in [0.05, 0.1) is 0 Å². The quantitative estimate of drug-likeness (QED) is 0.271. The van der Waals surface area contributed by atoms with Crippen LogP contribution in [-0.4, -0.2) is 94.3 Å². The van der Waals surface area contributed by atoms with E-state index in [0.717, 1.165) is 82.4 Å². The number of carboxylic acids is 2. The van der Waals surface area contributed by atoms with Crippen LogP contribution in [0.15, 0.2) is 30.3 Å². The molecule has 0 spiro atoms. The molecule has 2 aromatic rings. The third-order valence-electron chi connectivity index (χ3n) is 6.04. The first-order valence-electron chi connectivity index (χ1n) is 13.2. The lowest BCUT2D eigenvalue weighted by molar-refractivity contribution is -0.159. The van der Waals surface area contributed by atoms with E-state index in [1.807, 2.05) is 31.2 Å². The van der Waals surface area contributed by atoms with Gasteiger partial charge >= 0.3 is 11.9 Å². The molecule has 0 aliphatic carbocycles. The number of rotatable bonds is 15. The number of aromatic nitrogens is 2. The van der Waals surface area contributed by atoms with E-state index < -0.39 is 11.9 Å². The number of nitrogens with one attached hydrogen (secondary N) is 1. The number of carbonyl (C=O) groups is 2. The lowest BCUT2D eigenvalue weighted by Crippen LogP contribution is -2.33. The lowest BCUT2D eigenvalue weighted by Gasteiger charge is -2.27. The summed E-state index contributed by atoms with van der Waals surface area (Å²) < 4.78 is 0. The van der Waals surface area contributed by atoms with E-state index in [2.05, 4.69) is 58.8 Å². The van der Waals surface area contributed by atoms with Crippen LogP contribution in [0.1, 0.15) is 46.2 Å². The Morgan fingerprint density at radius 3 is 1.71 bits per heavy atom. The SMILES string of the molecule is CCN(CC)CCCN(CCCN(CC)CC)c1cc(C)nc(Nc2ccc(Cl)cc2)n1.O=C(O)C(=O)O. The second kappa shape index (κ2) is 18.3. The molecule has 38 heavy (non-hydrogen) atoms. The van der Waals surface area contributed by atoms with Crippen molar-refractivity contribution in [3.63, 3.8) is 0 Å². The monoisotopic (exact) mass is 550 g/mol. The van der Waals surface area contributed by atoms with Crippen LogP contribution >= 0.6 is 11.6 Å². The van der Waals surface area contributed by atoms with Crippen LogP contribution in [0.4, 0.5) is 17.5 Å². The minimum Gasteiger partial charge on any atom is -0.473 e. The molecule has 11 heteroatoms. The second-order valence-electron chi connectivity index (χ2n) is 8.68. The molecule has 0 saturated carbocycles. The third-order valence-corrected chi connectivity index (χ3v) is 6.29. The average Bonchev–Trinajstić information content (AvgIpc) is 2.89. The van der Waals surface area contributed by atoms with Crippen molar-refractivity contribution in [2.75, 3.05) is 62.6 Å². The van der Waals surface area contributed by atoms with Gasteiger partial charge in [0.15, 0.2) is 0 Å². The van der Waals surface area contributed by atoms with Crippen molar-refractivity contribution in [2.45, 2.75) is 47.5 Å². The van der Waals surface area contributed by atoms with Crippen LogP contribution in [0.3, 0.4) is 0 Å². The van der Waals surface area contributed by atoms with E-state index in [-0.39, 0.29) is 0 Å². The van der Waals surface area contributed by atoms with Crippen LogP contribution in [0, 0.1) is 6.92 Å². The summed E-state index contributed by atoms with van der Waals surface area (Å²) in [7, 11) is 0. The number of halogens is 1. The van der Waals surface area contributed by atoms with Crippen molar-refractivity contribution < 1.29 is 19.8 Å². The van der Waals surface area contributed by atoms with Gasteiger partial charge in [-0.25, -0.2) is 14.6 Å². The fraction of sp³-hybridized carbons (Fsp3) is 0.556. The molecule has 0 unspecified atom stereocenters. The highest BCUT2D eigenvalue weighted by Gasteiger charge is 2.13. The predicted molar refractivity (Wildman–Crippen MR) is 154 cm³/mol. The number of carboxylic acid groups (broad SMARTS) is 2. The van der Waals surface area contributed by atoms with Crippen LogP contribution in [0.5, 0.6) is 0 Å². The Kier molecular flexibility index (Phi) is 16.0. The lowest BCUT2D eigenvalue weighted by atomic mass is 10.2. The van der Waals surface area contributed by atoms with Gasteiger partial charge in [-0.3, -0.25) is 0 Å². The first kappa shape index (κ1) is 33.1. The Morgan fingerprint density at radius 1 is 0.816 bits per heavy atom. The van der Waals surface area contributed by atoms with Gasteiger partial charge in [-0.15, -0.1) is 0 Å². The van der Waals surface area contributed by atoms with Crippen LogP contribution in [-0.2, 0) is 9.59 Å². The molecule has 1 heterocycles. The summed E-state index contributed by atoms with van der Waals surface area (Å²) >= 11 is 6.02. The number of aryl methyl sites for hydroxylation is 1. The second-order valence-corrected chi connectivity index (χ2v) is 9.12. The average molecular weight is 551 g/mol. The van der Waals surface area contributed by atoms with E-state index in [9.17, 15) is 0 Å². The standard InChI is InChI=1S/C25H41ClN6.C2H2O4/c1-6-30(7-2)16-10-18-32(19-11-17-31(8-3)9-4)24-20-21(5)27-25(29-24)28-23-14-12-22(26)13-15-23;3-1(4)2(5)6/h12-15,20H,6-11,16-19H2,1-5H3,(H,27,28,29);(H,3,4)(H,5,6). The largest absolute Gasteiger partial charge is 0.473 e. The molecule has 3 N–H and O–H groups in total. The maximum absolute atomic E-state index is 9.10. The molecule has 0 fully saturated rings. The summed E-state index contributed by atoms with van der Waals surface area (Å²) in [4.78, 5) is 35.1. The molecule has 0 aliphatic rings. The molecule has 10 nitrogen and oxygen atoms in total. The van der Waals surface area contributed by atoms with Crippen molar-refractivity contribution in [1.82, 2.24) is 19.8 Å². The topological polar surface area (TPSA) is 122 Å². The predicted octanol–water partition coefficient (Wildman–Crippen LogP) is 4.61. The van der Waals surface area contributed by atoms with Gasteiger partial charge in [-0.05, 0) is 83.3 Å². The zero-order valence-electron chi connectivity index (χ0n) is 23.3. The number of hydrogen-bond donors (Lipinski definition) is 3. The Hall–Kier alpha value is -2.95. The van der Waals surface area contributed by atoms with Gasteiger partial charge < -0.3 is 30.2 Å². The number of aliphatic carboxylic acids is 2. The summed E-state index contributed by atoms with van der Waals surface area (Å²) in [5.41, 5.74) is 1.89. The van der Waals surface area contributed by atoms with Crippen LogP contribution in [0.25, 0.3) is 0 Å². The summed E-state index contributed by atoms with van der Waals surface area (Å²) in [5, 5.41) is 18.8. The first-order valence-corrected chi connectivity index (χ1v) is 13.5. The molecular weight excluding hydrogens is 508 g/mol. The van der Waals surface area contributed by atoms with Gasteiger partial charge in [0.25, 0.3) is 0 Å². The molecule has 1 aromatic heterocycles. The van der Waals surface area contributed by atoms with Gasteiger partial charge in [0.1, 0.15) is 5.82 Å². The summed E-state index contributed by atoms with van der Waals surface area (Å²) in [5.74, 6) is -2.03. The highest BCUT2D eigenvalue weighted by molar-refractivity contribution is 6.30. The molecule has 2 rings (SSSR count). The van der Waals surface area contributed by atoms with E-state index >= 15 is 0 Å². The Balaban J connectivity index is 0.00000107. The molecule has 0 atom stereocenters. The highest BCUT2D eigenvalue weighted by Crippen LogP contribution is 2.20. The van der Waals surface area contributed by atoms with E-state index in [4.69, 9.17) is 36.4 Å². The maximum Gasteiger partial charge on any atom is 0.414 e. The van der Waals surface area contributed by atoms with E-state index in [1.165, 1.54) is 0 Å². The fourth-order valence-corrected chi connectivity index (χ4v) is 3.95.